The van der Waals surface area contributed by atoms with E-state index in [9.17, 15) is 4.79 Å². The first kappa shape index (κ1) is 17.7. The summed E-state index contributed by atoms with van der Waals surface area (Å²) < 4.78 is 2.19. The number of aryl methyl sites for hydroxylation is 2. The van der Waals surface area contributed by atoms with E-state index < -0.39 is 5.97 Å². The van der Waals surface area contributed by atoms with Crippen LogP contribution in [0, 0.1) is 6.92 Å². The number of carboxylic acids is 1. The van der Waals surface area contributed by atoms with Gasteiger partial charge < -0.3 is 15.0 Å². The number of nitrogens with zero attached hydrogens (tertiary/aromatic N) is 2. The molecule has 1 saturated carbocycles. The fourth-order valence-electron chi connectivity index (χ4n) is 3.75. The molecule has 134 valence electrons. The van der Waals surface area contributed by atoms with Crippen LogP contribution in [0.2, 0.25) is 0 Å². The van der Waals surface area contributed by atoms with Crippen LogP contribution in [-0.2, 0) is 17.4 Å². The Morgan fingerprint density at radius 2 is 2.08 bits per heavy atom. The predicted molar refractivity (Wildman–Crippen MR) is 101 cm³/mol. The van der Waals surface area contributed by atoms with Gasteiger partial charge in [-0.15, -0.1) is 0 Å². The topological polar surface area (TPSA) is 67.2 Å². The molecular formula is C20H27N3O2. The van der Waals surface area contributed by atoms with Crippen LogP contribution in [0.1, 0.15) is 57.0 Å². The molecule has 0 spiro atoms. The van der Waals surface area contributed by atoms with Gasteiger partial charge in [0.2, 0.25) is 0 Å². The highest BCUT2D eigenvalue weighted by molar-refractivity contribution is 5.92. The van der Waals surface area contributed by atoms with Gasteiger partial charge in [-0.1, -0.05) is 0 Å². The van der Waals surface area contributed by atoms with Gasteiger partial charge in [-0.25, -0.2) is 9.78 Å². The number of hydrogen-bond donors (Lipinski definition) is 2. The van der Waals surface area contributed by atoms with Crippen LogP contribution in [0.3, 0.4) is 0 Å². The monoisotopic (exact) mass is 341 g/mol. The van der Waals surface area contributed by atoms with Crippen molar-refractivity contribution in [3.05, 3.63) is 34.7 Å². The van der Waals surface area contributed by atoms with Crippen molar-refractivity contribution in [2.75, 3.05) is 0 Å². The van der Waals surface area contributed by atoms with Crippen LogP contribution in [0.15, 0.2) is 17.7 Å². The second kappa shape index (κ2) is 6.30. The number of hydrogen-bond acceptors (Lipinski definition) is 3. The van der Waals surface area contributed by atoms with Gasteiger partial charge in [0, 0.05) is 18.7 Å². The summed E-state index contributed by atoms with van der Waals surface area (Å²) in [5.74, 6) is 0.189. The smallest absolute Gasteiger partial charge is 0.331 e. The number of aromatic nitrogens is 2. The van der Waals surface area contributed by atoms with Gasteiger partial charge in [0.15, 0.2) is 0 Å². The second-order valence-electron chi connectivity index (χ2n) is 7.56. The van der Waals surface area contributed by atoms with Crippen molar-refractivity contribution in [3.63, 3.8) is 0 Å². The zero-order chi connectivity index (χ0) is 18.4. The molecule has 0 aliphatic heterocycles. The third kappa shape index (κ3) is 3.09. The van der Waals surface area contributed by atoms with E-state index in [-0.39, 0.29) is 5.54 Å². The van der Waals surface area contributed by atoms with Crippen LogP contribution >= 0.6 is 0 Å². The molecule has 0 radical (unpaired) electrons. The van der Waals surface area contributed by atoms with Gasteiger partial charge >= 0.3 is 5.97 Å². The van der Waals surface area contributed by atoms with Gasteiger partial charge in [-0.2, -0.15) is 0 Å². The number of aliphatic carboxylic acids is 1. The van der Waals surface area contributed by atoms with Gasteiger partial charge in [0.1, 0.15) is 5.82 Å². The highest BCUT2D eigenvalue weighted by atomic mass is 16.4. The Morgan fingerprint density at radius 3 is 2.60 bits per heavy atom. The minimum atomic E-state index is -0.893. The summed E-state index contributed by atoms with van der Waals surface area (Å²) in [6, 6.07) is 4.51. The molecule has 1 aromatic carbocycles. The minimum absolute atomic E-state index is 0.0389. The van der Waals surface area contributed by atoms with E-state index in [1.54, 1.807) is 13.0 Å². The molecule has 0 atom stereocenters. The Bertz CT molecular complexity index is 857. The van der Waals surface area contributed by atoms with Crippen molar-refractivity contribution in [2.24, 2.45) is 7.05 Å². The fraction of sp³-hybridized carbons (Fsp3) is 0.500. The maximum atomic E-state index is 11.1. The summed E-state index contributed by atoms with van der Waals surface area (Å²) in [4.78, 5) is 16.1. The molecule has 0 unspecified atom stereocenters. The first-order chi connectivity index (χ1) is 11.7. The zero-order valence-corrected chi connectivity index (χ0v) is 15.7. The van der Waals surface area contributed by atoms with E-state index in [0.717, 1.165) is 40.8 Å². The Kier molecular flexibility index (Phi) is 4.45. The third-order valence-electron chi connectivity index (χ3n) is 5.18. The third-order valence-corrected chi connectivity index (χ3v) is 5.18. The molecule has 1 aromatic heterocycles. The quantitative estimate of drug-likeness (QED) is 0.813. The summed E-state index contributed by atoms with van der Waals surface area (Å²) in [7, 11) is 2.07. The first-order valence-electron chi connectivity index (χ1n) is 8.90. The van der Waals surface area contributed by atoms with Gasteiger partial charge in [-0.05, 0) is 76.3 Å². The normalized spacial score (nSPS) is 17.1. The van der Waals surface area contributed by atoms with E-state index in [1.807, 2.05) is 13.0 Å². The lowest BCUT2D eigenvalue weighted by molar-refractivity contribution is -0.132. The Morgan fingerprint density at radius 1 is 1.40 bits per heavy atom. The van der Waals surface area contributed by atoms with Crippen LogP contribution < -0.4 is 5.32 Å². The molecule has 25 heavy (non-hydrogen) atoms. The molecule has 1 aliphatic carbocycles. The summed E-state index contributed by atoms with van der Waals surface area (Å²) in [5, 5.41) is 12.8. The number of imidazole rings is 1. The SMILES string of the molecule is C/C(=C\c1cc2nc(C3(NC(C)C)CCC3)n(C)c2cc1C)C(=O)O. The number of carbonyl (C=O) groups is 1. The van der Waals surface area contributed by atoms with Crippen molar-refractivity contribution < 1.29 is 9.90 Å². The molecule has 3 rings (SSSR count). The second-order valence-corrected chi connectivity index (χ2v) is 7.56. The van der Waals surface area contributed by atoms with E-state index in [4.69, 9.17) is 10.1 Å². The molecule has 0 amide bonds. The van der Waals surface area contributed by atoms with Crippen LogP contribution in [0.25, 0.3) is 17.1 Å². The number of carboxylic acid groups (broad SMARTS) is 1. The van der Waals surface area contributed by atoms with Gasteiger partial charge in [-0.3, -0.25) is 0 Å². The maximum absolute atomic E-state index is 11.1. The van der Waals surface area contributed by atoms with E-state index in [2.05, 4.69) is 36.8 Å². The molecule has 1 heterocycles. The molecular weight excluding hydrogens is 314 g/mol. The summed E-state index contributed by atoms with van der Waals surface area (Å²) >= 11 is 0. The predicted octanol–water partition coefficient (Wildman–Crippen LogP) is 3.75. The molecule has 1 aliphatic rings. The van der Waals surface area contributed by atoms with Crippen molar-refractivity contribution in [3.8, 4) is 0 Å². The van der Waals surface area contributed by atoms with Gasteiger partial charge in [0.05, 0.1) is 16.6 Å². The van der Waals surface area contributed by atoms with E-state index in [0.29, 0.717) is 11.6 Å². The first-order valence-corrected chi connectivity index (χ1v) is 8.90. The lowest BCUT2D eigenvalue weighted by atomic mass is 9.75. The van der Waals surface area contributed by atoms with Crippen molar-refractivity contribution in [1.82, 2.24) is 14.9 Å². The fourth-order valence-corrected chi connectivity index (χ4v) is 3.75. The lowest BCUT2D eigenvalue weighted by Crippen LogP contribution is -2.52. The minimum Gasteiger partial charge on any atom is -0.478 e. The average Bonchev–Trinajstić information content (AvgIpc) is 2.80. The molecule has 0 saturated heterocycles. The number of fused-ring (bicyclic) bond motifs is 1. The molecule has 0 bridgehead atoms. The van der Waals surface area contributed by atoms with E-state index in [1.165, 1.54) is 6.42 Å². The largest absolute Gasteiger partial charge is 0.478 e. The summed E-state index contributed by atoms with van der Waals surface area (Å²) in [6.45, 7) is 7.97. The highest BCUT2D eigenvalue weighted by Gasteiger charge is 2.42. The molecule has 5 nitrogen and oxygen atoms in total. The molecule has 5 heteroatoms. The summed E-state index contributed by atoms with van der Waals surface area (Å²) in [5.41, 5.74) is 4.27. The number of nitrogens with one attached hydrogen (secondary N) is 1. The van der Waals surface area contributed by atoms with Crippen LogP contribution in [0.5, 0.6) is 0 Å². The lowest BCUT2D eigenvalue weighted by Gasteiger charge is -2.43. The van der Waals surface area contributed by atoms with Crippen LogP contribution in [0.4, 0.5) is 0 Å². The van der Waals surface area contributed by atoms with E-state index >= 15 is 0 Å². The maximum Gasteiger partial charge on any atom is 0.331 e. The van der Waals surface area contributed by atoms with Gasteiger partial charge in [0.25, 0.3) is 0 Å². The summed E-state index contributed by atoms with van der Waals surface area (Å²) in [6.07, 6.45) is 5.14. The molecule has 2 N–H and O–H groups in total. The molecule has 1 fully saturated rings. The Balaban J connectivity index is 2.11. The molecule has 2 aromatic rings. The number of rotatable bonds is 5. The number of benzene rings is 1. The average molecular weight is 341 g/mol. The Hall–Kier alpha value is -2.14. The van der Waals surface area contributed by atoms with Crippen LogP contribution in [-0.4, -0.2) is 26.7 Å². The Labute approximate surface area is 148 Å². The standard InChI is InChI=1S/C20H27N3O2/c1-12(2)22-20(7-6-8-20)19-21-16-11-15(9-14(4)18(24)25)13(3)10-17(16)23(19)5/h9-12,22H,6-8H2,1-5H3,(H,24,25)/b14-9+. The van der Waals surface area contributed by atoms with Crippen molar-refractivity contribution in [1.29, 1.82) is 0 Å². The highest BCUT2D eigenvalue weighted by Crippen LogP contribution is 2.42. The van der Waals surface area contributed by atoms with Crippen molar-refractivity contribution >= 4 is 23.1 Å². The van der Waals surface area contributed by atoms with Crippen molar-refractivity contribution in [2.45, 2.75) is 58.5 Å². The zero-order valence-electron chi connectivity index (χ0n) is 15.7.